The van der Waals surface area contributed by atoms with E-state index < -0.39 is 26.7 Å². The van der Waals surface area contributed by atoms with Crippen LogP contribution < -0.4 is 10.2 Å². The highest BCUT2D eigenvalue weighted by atomic mass is 32.2. The Morgan fingerprint density at radius 1 is 1.33 bits per heavy atom. The van der Waals surface area contributed by atoms with Gasteiger partial charge in [0.05, 0.1) is 28.8 Å². The molecule has 30 heavy (non-hydrogen) atoms. The number of nitrogens with one attached hydrogen (secondary N) is 1. The van der Waals surface area contributed by atoms with Crippen LogP contribution in [0.4, 0.5) is 5.82 Å². The van der Waals surface area contributed by atoms with Crippen molar-refractivity contribution in [1.82, 2.24) is 15.1 Å². The van der Waals surface area contributed by atoms with Crippen LogP contribution >= 0.6 is 0 Å². The number of nitrogens with zero attached hydrogens (tertiary/aromatic N) is 4. The summed E-state index contributed by atoms with van der Waals surface area (Å²) in [6.45, 7) is 2.24. The van der Waals surface area contributed by atoms with Crippen molar-refractivity contribution in [1.29, 1.82) is 5.26 Å². The fraction of sp³-hybridized carbons (Fsp3) is 0.762. The molecule has 162 valence electrons. The monoisotopic (exact) mass is 431 g/mol. The molecule has 0 unspecified atom stereocenters. The van der Waals surface area contributed by atoms with Crippen molar-refractivity contribution in [3.63, 3.8) is 0 Å². The van der Waals surface area contributed by atoms with Crippen molar-refractivity contribution >= 4 is 21.6 Å². The number of hydrogen-bond acceptors (Lipinski definition) is 6. The average molecular weight is 432 g/mol. The summed E-state index contributed by atoms with van der Waals surface area (Å²) in [7, 11) is -3.27. The first-order valence-corrected chi connectivity index (χ1v) is 12.8. The molecule has 0 aromatic carbocycles. The molecule has 3 aliphatic carbocycles. The maximum absolute atomic E-state index is 13.2. The number of carbonyl (C=O) groups excluding carboxylic acids is 1. The van der Waals surface area contributed by atoms with Crippen LogP contribution in [0, 0.1) is 24.2 Å². The molecule has 1 aromatic rings. The number of hydrogen-bond donors (Lipinski definition) is 1. The SMILES string of the molecule is Cc1cc(N2C[C@H](S(=O)(=O)CC3CC3)C[C@H]2C(=O)NC2(C#N)CC2)n(C2CCC2)n1. The minimum Gasteiger partial charge on any atom is -0.343 e. The fourth-order valence-corrected chi connectivity index (χ4v) is 6.76. The van der Waals surface area contributed by atoms with Crippen LogP contribution in [-0.4, -0.2) is 53.2 Å². The minimum absolute atomic E-state index is 0.225. The fourth-order valence-electron chi connectivity index (χ4n) is 4.63. The third-order valence-corrected chi connectivity index (χ3v) is 9.41. The van der Waals surface area contributed by atoms with Crippen molar-refractivity contribution in [2.45, 2.75) is 81.2 Å². The lowest BCUT2D eigenvalue weighted by atomic mass is 9.93. The minimum atomic E-state index is -3.27. The zero-order valence-corrected chi connectivity index (χ0v) is 18.2. The zero-order valence-electron chi connectivity index (χ0n) is 17.4. The molecule has 0 radical (unpaired) electrons. The molecule has 1 amide bonds. The average Bonchev–Trinajstić information content (AvgIpc) is 3.53. The lowest BCUT2D eigenvalue weighted by Crippen LogP contribution is -2.48. The van der Waals surface area contributed by atoms with E-state index in [1.165, 1.54) is 0 Å². The van der Waals surface area contributed by atoms with E-state index in [1.807, 2.05) is 22.6 Å². The normalized spacial score (nSPS) is 28.1. The molecular weight excluding hydrogens is 402 g/mol. The van der Waals surface area contributed by atoms with Gasteiger partial charge in [0, 0.05) is 12.6 Å². The van der Waals surface area contributed by atoms with Crippen LogP contribution in [-0.2, 0) is 14.6 Å². The summed E-state index contributed by atoms with van der Waals surface area (Å²) < 4.78 is 28.1. The second kappa shape index (κ2) is 6.98. The Kier molecular flexibility index (Phi) is 4.62. The number of rotatable bonds is 7. The number of nitriles is 1. The number of carbonyl (C=O) groups is 1. The summed E-state index contributed by atoms with van der Waals surface area (Å²) in [5.41, 5.74) is 0.105. The van der Waals surface area contributed by atoms with E-state index in [9.17, 15) is 18.5 Å². The van der Waals surface area contributed by atoms with Crippen molar-refractivity contribution in [3.8, 4) is 6.07 Å². The Balaban J connectivity index is 1.44. The van der Waals surface area contributed by atoms with Crippen molar-refractivity contribution in [2.75, 3.05) is 17.2 Å². The van der Waals surface area contributed by atoms with E-state index in [0.29, 0.717) is 25.4 Å². The van der Waals surface area contributed by atoms with Crippen LogP contribution in [0.2, 0.25) is 0 Å². The van der Waals surface area contributed by atoms with E-state index in [-0.39, 0.29) is 24.0 Å². The van der Waals surface area contributed by atoms with E-state index in [0.717, 1.165) is 43.6 Å². The van der Waals surface area contributed by atoms with Gasteiger partial charge in [0.2, 0.25) is 5.91 Å². The number of aromatic nitrogens is 2. The molecule has 4 fully saturated rings. The first-order valence-electron chi connectivity index (χ1n) is 11.1. The summed E-state index contributed by atoms with van der Waals surface area (Å²) in [6.07, 6.45) is 6.83. The molecule has 1 N–H and O–H groups in total. The molecule has 3 saturated carbocycles. The molecule has 4 aliphatic rings. The van der Waals surface area contributed by atoms with Gasteiger partial charge in [-0.15, -0.1) is 0 Å². The van der Waals surface area contributed by atoms with Crippen LogP contribution in [0.15, 0.2) is 6.07 Å². The number of amides is 1. The number of sulfone groups is 1. The topological polar surface area (TPSA) is 108 Å². The lowest BCUT2D eigenvalue weighted by Gasteiger charge is -2.32. The number of aryl methyl sites for hydroxylation is 1. The molecule has 5 rings (SSSR count). The molecule has 9 heteroatoms. The van der Waals surface area contributed by atoms with Crippen molar-refractivity contribution in [2.24, 2.45) is 5.92 Å². The van der Waals surface area contributed by atoms with Gasteiger partial charge in [0.15, 0.2) is 9.84 Å². The molecule has 0 bridgehead atoms. The van der Waals surface area contributed by atoms with E-state index in [1.54, 1.807) is 0 Å². The Morgan fingerprint density at radius 2 is 2.07 bits per heavy atom. The molecular formula is C21H29N5O3S. The van der Waals surface area contributed by atoms with Crippen LogP contribution in [0.25, 0.3) is 0 Å². The van der Waals surface area contributed by atoms with E-state index >= 15 is 0 Å². The predicted octanol–water partition coefficient (Wildman–Crippen LogP) is 1.86. The van der Waals surface area contributed by atoms with Gasteiger partial charge in [0.1, 0.15) is 17.4 Å². The summed E-state index contributed by atoms with van der Waals surface area (Å²) in [5.74, 6) is 1.11. The Bertz CT molecular complexity index is 998. The maximum Gasteiger partial charge on any atom is 0.244 e. The first-order chi connectivity index (χ1) is 14.3. The van der Waals surface area contributed by atoms with Gasteiger partial charge in [0.25, 0.3) is 0 Å². The first kappa shape index (κ1) is 19.9. The summed E-state index contributed by atoms with van der Waals surface area (Å²) >= 11 is 0. The van der Waals surface area contributed by atoms with Gasteiger partial charge < -0.3 is 10.2 Å². The Hall–Kier alpha value is -2.08. The van der Waals surface area contributed by atoms with E-state index in [4.69, 9.17) is 0 Å². The maximum atomic E-state index is 13.2. The second-order valence-electron chi connectivity index (χ2n) is 9.66. The smallest absolute Gasteiger partial charge is 0.244 e. The van der Waals surface area contributed by atoms with Crippen LogP contribution in [0.5, 0.6) is 0 Å². The van der Waals surface area contributed by atoms with Crippen LogP contribution in [0.3, 0.4) is 0 Å². The summed E-state index contributed by atoms with van der Waals surface area (Å²) in [5, 5.41) is 16.4. The van der Waals surface area contributed by atoms with Gasteiger partial charge in [-0.25, -0.2) is 13.1 Å². The molecule has 1 aromatic heterocycles. The highest BCUT2D eigenvalue weighted by molar-refractivity contribution is 7.92. The molecule has 2 heterocycles. The van der Waals surface area contributed by atoms with Crippen molar-refractivity contribution in [3.05, 3.63) is 11.8 Å². The van der Waals surface area contributed by atoms with Gasteiger partial charge in [-0.2, -0.15) is 10.4 Å². The predicted molar refractivity (Wildman–Crippen MR) is 112 cm³/mol. The second-order valence-corrected chi connectivity index (χ2v) is 12.0. The van der Waals surface area contributed by atoms with Crippen LogP contribution in [0.1, 0.15) is 63.1 Å². The van der Waals surface area contributed by atoms with Gasteiger partial charge in [-0.3, -0.25) is 4.79 Å². The third kappa shape index (κ3) is 3.59. The Morgan fingerprint density at radius 3 is 2.63 bits per heavy atom. The lowest BCUT2D eigenvalue weighted by molar-refractivity contribution is -0.122. The largest absolute Gasteiger partial charge is 0.343 e. The Labute approximate surface area is 177 Å². The summed E-state index contributed by atoms with van der Waals surface area (Å²) in [6, 6.07) is 3.89. The van der Waals surface area contributed by atoms with Gasteiger partial charge in [-0.1, -0.05) is 0 Å². The van der Waals surface area contributed by atoms with Gasteiger partial charge in [-0.05, 0) is 64.2 Å². The standard InChI is InChI=1S/C21H29N5O3S/c1-14-9-19(26(24-14)16-3-2-4-16)25-11-17(30(28,29)12-15-5-6-15)10-18(25)20(27)23-21(13-22)7-8-21/h9,15-18H,2-8,10-12H2,1H3,(H,23,27)/t17-,18+/m1/s1. The van der Waals surface area contributed by atoms with E-state index in [2.05, 4.69) is 16.5 Å². The molecule has 1 saturated heterocycles. The molecule has 1 aliphatic heterocycles. The molecule has 2 atom stereocenters. The number of anilines is 1. The molecule has 8 nitrogen and oxygen atoms in total. The van der Waals surface area contributed by atoms with Crippen molar-refractivity contribution < 1.29 is 13.2 Å². The highest BCUT2D eigenvalue weighted by Gasteiger charge is 2.50. The zero-order chi connectivity index (χ0) is 21.1. The quantitative estimate of drug-likeness (QED) is 0.706. The highest BCUT2D eigenvalue weighted by Crippen LogP contribution is 2.40. The molecule has 0 spiro atoms. The third-order valence-electron chi connectivity index (χ3n) is 7.12. The summed E-state index contributed by atoms with van der Waals surface area (Å²) in [4.78, 5) is 15.1. The van der Waals surface area contributed by atoms with Gasteiger partial charge >= 0.3 is 0 Å².